The first-order valence-electron chi connectivity index (χ1n) is 8.57. The highest BCUT2D eigenvalue weighted by Gasteiger charge is 2.17. The molecule has 0 spiro atoms. The second-order valence-corrected chi connectivity index (χ2v) is 7.97. The molecule has 0 aliphatic rings. The van der Waals surface area contributed by atoms with Gasteiger partial charge >= 0.3 is 5.97 Å². The highest BCUT2D eigenvalue weighted by molar-refractivity contribution is 7.89. The predicted octanol–water partition coefficient (Wildman–Crippen LogP) is 2.57. The van der Waals surface area contributed by atoms with Crippen LogP contribution in [0.15, 0.2) is 47.4 Å². The second kappa shape index (κ2) is 8.92. The number of hydrogen-bond acceptors (Lipinski definition) is 5. The van der Waals surface area contributed by atoms with E-state index < -0.39 is 29.1 Å². The Hall–Kier alpha value is -2.51. The Bertz CT molecular complexity index is 933. The number of Topliss-reactive ketones (excluding diaryl/α,β-unsaturated/α-hetero) is 1. The molecule has 7 heteroatoms. The van der Waals surface area contributed by atoms with Gasteiger partial charge in [0.2, 0.25) is 10.0 Å². The summed E-state index contributed by atoms with van der Waals surface area (Å²) in [6.07, 6.45) is 0.865. The number of benzene rings is 2. The molecular formula is C20H23NO5S. The van der Waals surface area contributed by atoms with Crippen LogP contribution in [0, 0.1) is 13.8 Å². The molecule has 1 N–H and O–H groups in total. The Morgan fingerprint density at radius 3 is 2.26 bits per heavy atom. The number of carbonyl (C=O) groups is 2. The first-order chi connectivity index (χ1) is 12.7. The smallest absolute Gasteiger partial charge is 0.321 e. The number of sulfonamides is 1. The van der Waals surface area contributed by atoms with Gasteiger partial charge in [0.1, 0.15) is 6.54 Å². The van der Waals surface area contributed by atoms with E-state index in [9.17, 15) is 18.0 Å². The van der Waals surface area contributed by atoms with E-state index in [-0.39, 0.29) is 10.7 Å². The minimum absolute atomic E-state index is 0.0745. The zero-order valence-electron chi connectivity index (χ0n) is 15.6. The Labute approximate surface area is 159 Å². The molecule has 144 valence electrons. The van der Waals surface area contributed by atoms with Crippen molar-refractivity contribution in [2.24, 2.45) is 0 Å². The van der Waals surface area contributed by atoms with Gasteiger partial charge in [-0.25, -0.2) is 8.42 Å². The number of hydrogen-bond donors (Lipinski definition) is 1. The summed E-state index contributed by atoms with van der Waals surface area (Å²) < 4.78 is 31.5. The van der Waals surface area contributed by atoms with Crippen molar-refractivity contribution in [2.75, 3.05) is 13.2 Å². The third-order valence-electron chi connectivity index (χ3n) is 4.24. The minimum Gasteiger partial charge on any atom is -0.456 e. The van der Waals surface area contributed by atoms with Gasteiger partial charge in [-0.15, -0.1) is 0 Å². The lowest BCUT2D eigenvalue weighted by Gasteiger charge is -2.09. The van der Waals surface area contributed by atoms with Crippen LogP contribution in [0.3, 0.4) is 0 Å². The maximum atomic E-state index is 12.2. The predicted molar refractivity (Wildman–Crippen MR) is 102 cm³/mol. The van der Waals surface area contributed by atoms with Gasteiger partial charge in [0.25, 0.3) is 0 Å². The van der Waals surface area contributed by atoms with Gasteiger partial charge in [-0.3, -0.25) is 9.59 Å². The van der Waals surface area contributed by atoms with Gasteiger partial charge < -0.3 is 4.74 Å². The van der Waals surface area contributed by atoms with Crippen molar-refractivity contribution in [2.45, 2.75) is 32.1 Å². The molecule has 27 heavy (non-hydrogen) atoms. The molecule has 0 aromatic heterocycles. The summed E-state index contributed by atoms with van der Waals surface area (Å²) in [6.45, 7) is 4.72. The minimum atomic E-state index is -3.83. The van der Waals surface area contributed by atoms with Crippen molar-refractivity contribution in [3.8, 4) is 0 Å². The molecule has 0 saturated heterocycles. The zero-order chi connectivity index (χ0) is 20.0. The summed E-state index contributed by atoms with van der Waals surface area (Å²) in [6, 6.07) is 11.7. The lowest BCUT2D eigenvalue weighted by molar-refractivity contribution is -0.141. The van der Waals surface area contributed by atoms with Crippen molar-refractivity contribution >= 4 is 21.8 Å². The summed E-state index contributed by atoms with van der Waals surface area (Å²) in [4.78, 5) is 23.9. The van der Waals surface area contributed by atoms with Gasteiger partial charge in [-0.05, 0) is 49.1 Å². The Balaban J connectivity index is 1.87. The van der Waals surface area contributed by atoms with Crippen molar-refractivity contribution in [3.63, 3.8) is 0 Å². The number of carbonyl (C=O) groups excluding carboxylic acids is 2. The number of aryl methyl sites for hydroxylation is 3. The molecule has 6 nitrogen and oxygen atoms in total. The summed E-state index contributed by atoms with van der Waals surface area (Å²) in [5, 5.41) is 0. The molecule has 0 amide bonds. The molecule has 0 aliphatic heterocycles. The number of ketones is 1. The molecule has 0 radical (unpaired) electrons. The molecule has 2 rings (SSSR count). The molecule has 0 aliphatic carbocycles. The monoisotopic (exact) mass is 389 g/mol. The third-order valence-corrected chi connectivity index (χ3v) is 5.64. The van der Waals surface area contributed by atoms with Crippen LogP contribution in [0.1, 0.15) is 34.0 Å². The van der Waals surface area contributed by atoms with Crippen molar-refractivity contribution in [1.82, 2.24) is 4.72 Å². The van der Waals surface area contributed by atoms with E-state index in [4.69, 9.17) is 4.74 Å². The standard InChI is InChI=1S/C20H23NO5S/c1-4-16-6-8-17(9-7-16)19(22)13-26-20(23)12-21-27(24,25)18-10-5-14(2)15(3)11-18/h5-11,21H,4,12-13H2,1-3H3. The van der Waals surface area contributed by atoms with E-state index >= 15 is 0 Å². The molecule has 0 unspecified atom stereocenters. The van der Waals surface area contributed by atoms with E-state index in [1.807, 2.05) is 26.0 Å². The molecule has 0 atom stereocenters. The average molecular weight is 389 g/mol. The van der Waals surface area contributed by atoms with E-state index in [0.29, 0.717) is 5.56 Å². The van der Waals surface area contributed by atoms with Crippen molar-refractivity contribution in [1.29, 1.82) is 0 Å². The Morgan fingerprint density at radius 1 is 1.00 bits per heavy atom. The molecule has 0 heterocycles. The van der Waals surface area contributed by atoms with E-state index in [1.165, 1.54) is 12.1 Å². The summed E-state index contributed by atoms with van der Waals surface area (Å²) in [5.41, 5.74) is 3.35. The van der Waals surface area contributed by atoms with Crippen LogP contribution >= 0.6 is 0 Å². The lowest BCUT2D eigenvalue weighted by atomic mass is 10.1. The van der Waals surface area contributed by atoms with Gasteiger partial charge in [-0.1, -0.05) is 37.3 Å². The largest absolute Gasteiger partial charge is 0.456 e. The highest BCUT2D eigenvalue weighted by Crippen LogP contribution is 2.14. The SMILES string of the molecule is CCc1ccc(C(=O)COC(=O)CNS(=O)(=O)c2ccc(C)c(C)c2)cc1. The third kappa shape index (κ3) is 5.74. The molecule has 2 aromatic carbocycles. The Kier molecular flexibility index (Phi) is 6.87. The van der Waals surface area contributed by atoms with Gasteiger partial charge in [0.15, 0.2) is 12.4 Å². The molecule has 0 saturated carbocycles. The van der Waals surface area contributed by atoms with Crippen LogP contribution in [0.5, 0.6) is 0 Å². The highest BCUT2D eigenvalue weighted by atomic mass is 32.2. The molecule has 0 bridgehead atoms. The zero-order valence-corrected chi connectivity index (χ0v) is 16.4. The number of ether oxygens (including phenoxy) is 1. The van der Waals surface area contributed by atoms with Crippen LogP contribution < -0.4 is 4.72 Å². The van der Waals surface area contributed by atoms with E-state index in [2.05, 4.69) is 4.72 Å². The lowest BCUT2D eigenvalue weighted by Crippen LogP contribution is -2.31. The number of esters is 1. The number of nitrogens with one attached hydrogen (secondary N) is 1. The number of rotatable bonds is 8. The van der Waals surface area contributed by atoms with E-state index in [0.717, 1.165) is 23.1 Å². The van der Waals surface area contributed by atoms with Gasteiger partial charge in [0.05, 0.1) is 4.90 Å². The quantitative estimate of drug-likeness (QED) is 0.554. The van der Waals surface area contributed by atoms with Crippen molar-refractivity contribution < 1.29 is 22.7 Å². The Morgan fingerprint density at radius 2 is 1.67 bits per heavy atom. The normalized spacial score (nSPS) is 11.2. The van der Waals surface area contributed by atoms with E-state index in [1.54, 1.807) is 25.1 Å². The van der Waals surface area contributed by atoms with Gasteiger partial charge in [0, 0.05) is 5.56 Å². The van der Waals surface area contributed by atoms with Gasteiger partial charge in [-0.2, -0.15) is 4.72 Å². The maximum Gasteiger partial charge on any atom is 0.321 e. The van der Waals surface area contributed by atoms with Crippen LogP contribution in [0.4, 0.5) is 0 Å². The van der Waals surface area contributed by atoms with Crippen LogP contribution in [-0.4, -0.2) is 33.3 Å². The van der Waals surface area contributed by atoms with Crippen molar-refractivity contribution in [3.05, 3.63) is 64.7 Å². The fraction of sp³-hybridized carbons (Fsp3) is 0.300. The fourth-order valence-corrected chi connectivity index (χ4v) is 3.38. The summed E-state index contributed by atoms with van der Waals surface area (Å²) >= 11 is 0. The first kappa shape index (κ1) is 20.8. The summed E-state index contributed by atoms with van der Waals surface area (Å²) in [5.74, 6) is -1.16. The molecular weight excluding hydrogens is 366 g/mol. The molecule has 2 aromatic rings. The second-order valence-electron chi connectivity index (χ2n) is 6.20. The topological polar surface area (TPSA) is 89.5 Å². The van der Waals surface area contributed by atoms with Crippen LogP contribution in [0.25, 0.3) is 0 Å². The fourth-order valence-electron chi connectivity index (χ4n) is 2.33. The maximum absolute atomic E-state index is 12.2. The van der Waals surface area contributed by atoms with Crippen LogP contribution in [-0.2, 0) is 26.0 Å². The van der Waals surface area contributed by atoms with Crippen LogP contribution in [0.2, 0.25) is 0 Å². The average Bonchev–Trinajstić information content (AvgIpc) is 2.66. The summed E-state index contributed by atoms with van der Waals surface area (Å²) in [7, 11) is -3.83. The molecule has 0 fully saturated rings. The first-order valence-corrected chi connectivity index (χ1v) is 10.1.